The van der Waals surface area contributed by atoms with Gasteiger partial charge in [-0.25, -0.2) is 4.79 Å². The van der Waals surface area contributed by atoms with Crippen LogP contribution >= 0.6 is 0 Å². The average Bonchev–Trinajstić information content (AvgIpc) is 2.37. The van der Waals surface area contributed by atoms with Gasteiger partial charge in [-0.3, -0.25) is 4.90 Å². The smallest absolute Gasteiger partial charge is 0.336 e. The number of ether oxygens (including phenoxy) is 1. The molecule has 2 heterocycles. The van der Waals surface area contributed by atoms with E-state index < -0.39 is 0 Å². The molecular formula is C15H18NO3+. The van der Waals surface area contributed by atoms with Crippen molar-refractivity contribution in [2.75, 3.05) is 6.73 Å². The number of hydrogen-bond acceptors (Lipinski definition) is 3. The van der Waals surface area contributed by atoms with E-state index in [-0.39, 0.29) is 5.63 Å². The van der Waals surface area contributed by atoms with E-state index >= 15 is 0 Å². The molecule has 4 heteroatoms. The molecule has 1 aliphatic heterocycles. The van der Waals surface area contributed by atoms with E-state index in [9.17, 15) is 4.79 Å². The van der Waals surface area contributed by atoms with Crippen molar-refractivity contribution < 1.29 is 14.1 Å². The minimum atomic E-state index is -0.296. The Morgan fingerprint density at radius 3 is 2.84 bits per heavy atom. The first-order valence-corrected chi connectivity index (χ1v) is 6.60. The second-order valence-electron chi connectivity index (χ2n) is 5.45. The normalized spacial score (nSPS) is 18.4. The highest BCUT2D eigenvalue weighted by Gasteiger charge is 2.26. The summed E-state index contributed by atoms with van der Waals surface area (Å²) >= 11 is 0. The Kier molecular flexibility index (Phi) is 2.82. The van der Waals surface area contributed by atoms with Gasteiger partial charge < -0.3 is 9.15 Å². The Labute approximate surface area is 111 Å². The zero-order valence-corrected chi connectivity index (χ0v) is 11.4. The predicted molar refractivity (Wildman–Crippen MR) is 72.5 cm³/mol. The minimum Gasteiger partial charge on any atom is -0.445 e. The lowest BCUT2D eigenvalue weighted by molar-refractivity contribution is -0.952. The van der Waals surface area contributed by atoms with Crippen molar-refractivity contribution in [1.82, 2.24) is 0 Å². The molecule has 0 amide bonds. The van der Waals surface area contributed by atoms with Gasteiger partial charge in [0.15, 0.2) is 5.58 Å². The van der Waals surface area contributed by atoms with Gasteiger partial charge in [0, 0.05) is 11.5 Å². The number of quaternary nitrogens is 1. The maximum absolute atomic E-state index is 11.6. The van der Waals surface area contributed by atoms with Gasteiger partial charge in [-0.05, 0) is 38.5 Å². The monoisotopic (exact) mass is 260 g/mol. The summed E-state index contributed by atoms with van der Waals surface area (Å²) in [6, 6.07) is 5.94. The van der Waals surface area contributed by atoms with Crippen molar-refractivity contribution >= 4 is 11.0 Å². The molecular weight excluding hydrogens is 242 g/mol. The average molecular weight is 260 g/mol. The third-order valence-corrected chi connectivity index (χ3v) is 3.81. The van der Waals surface area contributed by atoms with Crippen molar-refractivity contribution in [1.29, 1.82) is 0 Å². The summed E-state index contributed by atoms with van der Waals surface area (Å²) in [6.07, 6.45) is 0. The number of benzene rings is 1. The molecule has 4 nitrogen and oxygen atoms in total. The fourth-order valence-corrected chi connectivity index (χ4v) is 2.54. The second kappa shape index (κ2) is 4.38. The Morgan fingerprint density at radius 1 is 1.32 bits per heavy atom. The summed E-state index contributed by atoms with van der Waals surface area (Å²) in [5.41, 5.74) is 2.34. The number of aryl methyl sites for hydroxylation is 1. The summed E-state index contributed by atoms with van der Waals surface area (Å²) in [4.78, 5) is 12.9. The minimum absolute atomic E-state index is 0.296. The molecule has 0 aliphatic carbocycles. The SMILES string of the molecule is Cc1cc(=O)oc2c3c(ccc12)OC[NH+](C(C)C)C3. The lowest BCUT2D eigenvalue weighted by Crippen LogP contribution is -3.15. The van der Waals surface area contributed by atoms with Gasteiger partial charge in [0.1, 0.15) is 12.3 Å². The number of rotatable bonds is 1. The van der Waals surface area contributed by atoms with Gasteiger partial charge in [0.2, 0.25) is 6.73 Å². The molecule has 0 spiro atoms. The van der Waals surface area contributed by atoms with Crippen molar-refractivity contribution in [2.24, 2.45) is 0 Å². The molecule has 2 aromatic rings. The van der Waals surface area contributed by atoms with Crippen LogP contribution in [0.25, 0.3) is 11.0 Å². The highest BCUT2D eigenvalue weighted by molar-refractivity contribution is 5.84. The van der Waals surface area contributed by atoms with Crippen molar-refractivity contribution in [2.45, 2.75) is 33.4 Å². The third-order valence-electron chi connectivity index (χ3n) is 3.81. The number of hydrogen-bond donors (Lipinski definition) is 1. The first-order valence-electron chi connectivity index (χ1n) is 6.60. The fourth-order valence-electron chi connectivity index (χ4n) is 2.54. The molecule has 1 unspecified atom stereocenters. The van der Waals surface area contributed by atoms with Crippen LogP contribution in [0, 0.1) is 6.92 Å². The van der Waals surface area contributed by atoms with Crippen LogP contribution in [0.3, 0.4) is 0 Å². The lowest BCUT2D eigenvalue weighted by Gasteiger charge is -2.29. The van der Waals surface area contributed by atoms with Crippen LogP contribution in [0.4, 0.5) is 0 Å². The predicted octanol–water partition coefficient (Wildman–Crippen LogP) is 1.24. The highest BCUT2D eigenvalue weighted by atomic mass is 16.5. The van der Waals surface area contributed by atoms with E-state index in [0.717, 1.165) is 28.8 Å². The van der Waals surface area contributed by atoms with E-state index in [1.54, 1.807) is 0 Å². The third kappa shape index (κ3) is 2.02. The highest BCUT2D eigenvalue weighted by Crippen LogP contribution is 2.29. The molecule has 1 aliphatic rings. The molecule has 1 aromatic heterocycles. The van der Waals surface area contributed by atoms with Crippen LogP contribution in [0.1, 0.15) is 25.0 Å². The van der Waals surface area contributed by atoms with Gasteiger partial charge >= 0.3 is 5.63 Å². The van der Waals surface area contributed by atoms with Crippen LogP contribution in [-0.2, 0) is 6.54 Å². The Bertz CT molecular complexity index is 688. The van der Waals surface area contributed by atoms with Crippen LogP contribution in [0.15, 0.2) is 27.4 Å². The molecule has 19 heavy (non-hydrogen) atoms. The fraction of sp³-hybridized carbons (Fsp3) is 0.400. The van der Waals surface area contributed by atoms with E-state index in [0.29, 0.717) is 18.4 Å². The molecule has 100 valence electrons. The van der Waals surface area contributed by atoms with Crippen LogP contribution < -0.4 is 15.3 Å². The first kappa shape index (κ1) is 12.2. The van der Waals surface area contributed by atoms with Gasteiger partial charge in [-0.1, -0.05) is 0 Å². The van der Waals surface area contributed by atoms with Gasteiger partial charge in [-0.15, -0.1) is 0 Å². The van der Waals surface area contributed by atoms with E-state index in [1.807, 2.05) is 19.1 Å². The standard InChI is InChI=1S/C15H17NO3/c1-9(2)16-7-12-13(18-8-16)5-4-11-10(3)6-14(17)19-15(11)12/h4-6,9H,7-8H2,1-3H3/p+1. The molecule has 0 saturated carbocycles. The van der Waals surface area contributed by atoms with E-state index in [4.69, 9.17) is 9.15 Å². The van der Waals surface area contributed by atoms with Crippen LogP contribution in [-0.4, -0.2) is 12.8 Å². The molecule has 1 aromatic carbocycles. The van der Waals surface area contributed by atoms with Gasteiger partial charge in [0.25, 0.3) is 0 Å². The molecule has 0 bridgehead atoms. The number of fused-ring (bicyclic) bond motifs is 3. The lowest BCUT2D eigenvalue weighted by atomic mass is 10.0. The van der Waals surface area contributed by atoms with Gasteiger partial charge in [-0.2, -0.15) is 0 Å². The van der Waals surface area contributed by atoms with Crippen molar-refractivity contribution in [3.63, 3.8) is 0 Å². The summed E-state index contributed by atoms with van der Waals surface area (Å²) < 4.78 is 11.2. The van der Waals surface area contributed by atoms with Crippen LogP contribution in [0.5, 0.6) is 5.75 Å². The Morgan fingerprint density at radius 2 is 2.11 bits per heavy atom. The summed E-state index contributed by atoms with van der Waals surface area (Å²) in [5, 5.41) is 0.993. The van der Waals surface area contributed by atoms with Crippen LogP contribution in [0.2, 0.25) is 0 Å². The van der Waals surface area contributed by atoms with E-state index in [1.165, 1.54) is 11.0 Å². The second-order valence-corrected chi connectivity index (χ2v) is 5.45. The van der Waals surface area contributed by atoms with Crippen molar-refractivity contribution in [3.05, 3.63) is 39.7 Å². The topological polar surface area (TPSA) is 43.9 Å². The zero-order valence-electron chi connectivity index (χ0n) is 11.4. The molecule has 1 N–H and O–H groups in total. The molecule has 0 fully saturated rings. The molecule has 1 atom stereocenters. The first-order chi connectivity index (χ1) is 9.06. The van der Waals surface area contributed by atoms with Crippen molar-refractivity contribution in [3.8, 4) is 5.75 Å². The molecule has 3 rings (SSSR count). The largest absolute Gasteiger partial charge is 0.445 e. The summed E-state index contributed by atoms with van der Waals surface area (Å²) in [5.74, 6) is 0.839. The van der Waals surface area contributed by atoms with E-state index in [2.05, 4.69) is 13.8 Å². The Balaban J connectivity index is 2.22. The maximum Gasteiger partial charge on any atom is 0.336 e. The Hall–Kier alpha value is -1.81. The van der Waals surface area contributed by atoms with Gasteiger partial charge in [0.05, 0.1) is 11.6 Å². The summed E-state index contributed by atoms with van der Waals surface area (Å²) in [6.45, 7) is 7.75. The quantitative estimate of drug-likeness (QED) is 0.785. The molecule has 0 radical (unpaired) electrons. The number of nitrogens with one attached hydrogen (secondary N) is 1. The maximum atomic E-state index is 11.6. The zero-order chi connectivity index (χ0) is 13.6. The summed E-state index contributed by atoms with van der Waals surface area (Å²) in [7, 11) is 0. The molecule has 0 saturated heterocycles.